The number of carbonyl (C=O) groups excluding carboxylic acids is 1. The summed E-state index contributed by atoms with van der Waals surface area (Å²) >= 11 is 0. The van der Waals surface area contributed by atoms with Gasteiger partial charge in [-0.2, -0.15) is 10.4 Å². The summed E-state index contributed by atoms with van der Waals surface area (Å²) in [6.45, 7) is 2.53. The highest BCUT2D eigenvalue weighted by Crippen LogP contribution is 2.37. The van der Waals surface area contributed by atoms with Crippen molar-refractivity contribution in [1.29, 1.82) is 5.26 Å². The summed E-state index contributed by atoms with van der Waals surface area (Å²) in [5.74, 6) is -3.93. The monoisotopic (exact) mass is 561 g/mol. The van der Waals surface area contributed by atoms with Gasteiger partial charge in [-0.3, -0.25) is 4.79 Å². The van der Waals surface area contributed by atoms with Crippen LogP contribution in [0.25, 0.3) is 22.3 Å². The predicted molar refractivity (Wildman–Crippen MR) is 145 cm³/mol. The predicted octanol–water partition coefficient (Wildman–Crippen LogP) is 5.35. The normalized spacial score (nSPS) is 16.8. The smallest absolute Gasteiger partial charge is 0.267 e. The molecule has 5 rings (SSSR count). The highest BCUT2D eigenvalue weighted by atomic mass is 19.3. The molecule has 1 aliphatic rings. The Morgan fingerprint density at radius 1 is 1.22 bits per heavy atom. The minimum absolute atomic E-state index is 0.0246. The highest BCUT2D eigenvalue weighted by molar-refractivity contribution is 5.99. The summed E-state index contributed by atoms with van der Waals surface area (Å²) in [6, 6.07) is 13.9. The molecular formula is C29H26F3N7O2. The fourth-order valence-corrected chi connectivity index (χ4v) is 4.86. The second-order valence-corrected chi connectivity index (χ2v) is 10.1. The van der Waals surface area contributed by atoms with Crippen LogP contribution in [-0.2, 0) is 11.3 Å². The maximum absolute atomic E-state index is 15.4. The molecule has 1 unspecified atom stereocenters. The van der Waals surface area contributed by atoms with Crippen molar-refractivity contribution in [2.75, 3.05) is 12.3 Å². The first-order chi connectivity index (χ1) is 19.6. The van der Waals surface area contributed by atoms with Gasteiger partial charge in [0.25, 0.3) is 11.8 Å². The second-order valence-electron chi connectivity index (χ2n) is 10.1. The molecule has 0 radical (unpaired) electrons. The lowest BCUT2D eigenvalue weighted by atomic mass is 10.1. The van der Waals surface area contributed by atoms with Crippen molar-refractivity contribution in [1.82, 2.24) is 24.6 Å². The molecule has 9 nitrogen and oxygen atoms in total. The summed E-state index contributed by atoms with van der Waals surface area (Å²) in [5, 5.41) is 14.2. The number of aromatic nitrogens is 4. The Bertz CT molecular complexity index is 1680. The van der Waals surface area contributed by atoms with E-state index in [1.54, 1.807) is 44.2 Å². The van der Waals surface area contributed by atoms with Crippen molar-refractivity contribution in [3.63, 3.8) is 0 Å². The van der Waals surface area contributed by atoms with Crippen LogP contribution < -0.4 is 10.5 Å². The number of hydrogen-bond acceptors (Lipinski definition) is 7. The fraction of sp³-hybridized carbons (Fsp3) is 0.276. The van der Waals surface area contributed by atoms with Crippen molar-refractivity contribution < 1.29 is 22.7 Å². The van der Waals surface area contributed by atoms with Crippen LogP contribution in [0, 0.1) is 23.1 Å². The number of nitrogens with zero attached hydrogens (tertiary/aromatic N) is 6. The third-order valence-electron chi connectivity index (χ3n) is 6.61. The van der Waals surface area contributed by atoms with Gasteiger partial charge in [0.15, 0.2) is 5.65 Å². The van der Waals surface area contributed by atoms with Crippen LogP contribution in [0.4, 0.5) is 19.0 Å². The number of rotatable bonds is 7. The SMILES string of the molecule is CC(C)C=C(C#N)C(=O)N1CC(F)(F)CC1Cn1nc(-c2ccc(Oc3ccccc3)cc2F)c2c(N)ncnc21. The van der Waals surface area contributed by atoms with Gasteiger partial charge in [0.05, 0.1) is 24.5 Å². The van der Waals surface area contributed by atoms with Gasteiger partial charge in [0.2, 0.25) is 0 Å². The van der Waals surface area contributed by atoms with Gasteiger partial charge in [-0.15, -0.1) is 0 Å². The number of alkyl halides is 2. The molecule has 0 spiro atoms. The molecule has 0 bridgehead atoms. The number of ether oxygens (including phenoxy) is 1. The third-order valence-corrected chi connectivity index (χ3v) is 6.61. The standard InChI is InChI=1S/C29H26F3N7O2/c1-17(2)10-18(13-33)28(40)38-15-29(31,32)12-19(38)14-39-27-24(26(34)35-16-36-27)25(37-39)22-9-8-21(11-23(22)30)41-20-6-4-3-5-7-20/h3-11,16-17,19H,12,14-15H2,1-2H3,(H2,34,35,36). The van der Waals surface area contributed by atoms with Crippen LogP contribution >= 0.6 is 0 Å². The largest absolute Gasteiger partial charge is 0.457 e. The van der Waals surface area contributed by atoms with Crippen molar-refractivity contribution >= 4 is 22.8 Å². The molecule has 4 aromatic rings. The minimum atomic E-state index is -3.17. The van der Waals surface area contributed by atoms with Crippen LogP contribution in [0.15, 0.2) is 66.5 Å². The summed E-state index contributed by atoms with van der Waals surface area (Å²) < 4.78 is 51.6. The molecule has 210 valence electrons. The zero-order chi connectivity index (χ0) is 29.3. The van der Waals surface area contributed by atoms with Crippen LogP contribution in [0.2, 0.25) is 0 Å². The summed E-state index contributed by atoms with van der Waals surface area (Å²) in [6.07, 6.45) is 1.99. The van der Waals surface area contributed by atoms with Gasteiger partial charge >= 0.3 is 0 Å². The molecule has 3 heterocycles. The zero-order valence-electron chi connectivity index (χ0n) is 22.3. The van der Waals surface area contributed by atoms with Gasteiger partial charge in [0.1, 0.15) is 46.8 Å². The Hall–Kier alpha value is -4.92. The van der Waals surface area contributed by atoms with Gasteiger partial charge in [0, 0.05) is 18.1 Å². The van der Waals surface area contributed by atoms with E-state index in [1.165, 1.54) is 29.2 Å². The van der Waals surface area contributed by atoms with Gasteiger partial charge < -0.3 is 15.4 Å². The molecule has 2 aromatic heterocycles. The quantitative estimate of drug-likeness (QED) is 0.238. The number of nitrogens with two attached hydrogens (primary N) is 1. The first kappa shape index (κ1) is 27.6. The Kier molecular flexibility index (Phi) is 7.36. The second kappa shape index (κ2) is 10.9. The molecule has 2 aromatic carbocycles. The molecule has 1 fully saturated rings. The Morgan fingerprint density at radius 3 is 2.66 bits per heavy atom. The highest BCUT2D eigenvalue weighted by Gasteiger charge is 2.48. The first-order valence-corrected chi connectivity index (χ1v) is 12.9. The maximum Gasteiger partial charge on any atom is 0.267 e. The number of carbonyl (C=O) groups is 1. The molecule has 1 atom stereocenters. The van der Waals surface area contributed by atoms with Crippen molar-refractivity contribution in [2.45, 2.75) is 38.8 Å². The van der Waals surface area contributed by atoms with Crippen molar-refractivity contribution in [2.24, 2.45) is 5.92 Å². The molecule has 1 saturated heterocycles. The minimum Gasteiger partial charge on any atom is -0.457 e. The number of amides is 1. The molecule has 2 N–H and O–H groups in total. The van der Waals surface area contributed by atoms with Crippen molar-refractivity contribution in [3.05, 3.63) is 72.3 Å². The number of benzene rings is 2. The summed E-state index contributed by atoms with van der Waals surface area (Å²) in [5.41, 5.74) is 6.31. The average molecular weight is 562 g/mol. The topological polar surface area (TPSA) is 123 Å². The van der Waals surface area contributed by atoms with Crippen LogP contribution in [0.3, 0.4) is 0 Å². The molecule has 1 amide bonds. The molecule has 12 heteroatoms. The number of halogens is 3. The number of likely N-dealkylation sites (tertiary alicyclic amines) is 1. The lowest BCUT2D eigenvalue weighted by Gasteiger charge is -2.24. The molecule has 0 aliphatic carbocycles. The molecule has 1 aliphatic heterocycles. The van der Waals surface area contributed by atoms with E-state index >= 15 is 4.39 Å². The first-order valence-electron chi connectivity index (χ1n) is 12.9. The lowest BCUT2D eigenvalue weighted by Crippen LogP contribution is -2.39. The molecular weight excluding hydrogens is 535 g/mol. The number of hydrogen-bond donors (Lipinski definition) is 1. The van der Waals surface area contributed by atoms with Gasteiger partial charge in [-0.05, 0) is 30.2 Å². The number of fused-ring (bicyclic) bond motifs is 1. The lowest BCUT2D eigenvalue weighted by molar-refractivity contribution is -0.129. The van der Waals surface area contributed by atoms with E-state index in [0.717, 1.165) is 4.90 Å². The van der Waals surface area contributed by atoms with E-state index < -0.39 is 36.7 Å². The van der Waals surface area contributed by atoms with E-state index in [2.05, 4.69) is 15.1 Å². The molecule has 0 saturated carbocycles. The Labute approximate surface area is 233 Å². The van der Waals surface area contributed by atoms with Crippen LogP contribution in [-0.4, -0.2) is 49.1 Å². The zero-order valence-corrected chi connectivity index (χ0v) is 22.3. The van der Waals surface area contributed by atoms with E-state index in [0.29, 0.717) is 5.75 Å². The molecule has 41 heavy (non-hydrogen) atoms. The van der Waals surface area contributed by atoms with Gasteiger partial charge in [-0.1, -0.05) is 38.1 Å². The number of para-hydroxylation sites is 1. The van der Waals surface area contributed by atoms with E-state index in [-0.39, 0.29) is 51.9 Å². The van der Waals surface area contributed by atoms with Crippen LogP contribution in [0.5, 0.6) is 11.5 Å². The van der Waals surface area contributed by atoms with Crippen molar-refractivity contribution in [3.8, 4) is 28.8 Å². The maximum atomic E-state index is 15.4. The van der Waals surface area contributed by atoms with E-state index in [4.69, 9.17) is 10.5 Å². The number of anilines is 1. The van der Waals surface area contributed by atoms with E-state index in [1.807, 2.05) is 12.1 Å². The number of nitrogen functional groups attached to an aromatic ring is 1. The summed E-state index contributed by atoms with van der Waals surface area (Å²) in [7, 11) is 0. The number of allylic oxidation sites excluding steroid dienone is 1. The summed E-state index contributed by atoms with van der Waals surface area (Å²) in [4.78, 5) is 22.4. The Balaban J connectivity index is 1.51. The number of nitriles is 1. The van der Waals surface area contributed by atoms with Crippen LogP contribution in [0.1, 0.15) is 20.3 Å². The van der Waals surface area contributed by atoms with E-state index in [9.17, 15) is 18.8 Å². The van der Waals surface area contributed by atoms with Gasteiger partial charge in [-0.25, -0.2) is 27.8 Å². The third kappa shape index (κ3) is 5.70. The fourth-order valence-electron chi connectivity index (χ4n) is 4.86. The Morgan fingerprint density at radius 2 is 1.98 bits per heavy atom. The average Bonchev–Trinajstić information content (AvgIpc) is 3.44.